The molecule has 0 fully saturated rings. The topological polar surface area (TPSA) is 40.9 Å². The zero-order valence-electron chi connectivity index (χ0n) is 10.2. The first-order valence-electron chi connectivity index (χ1n) is 5.93. The average Bonchev–Trinajstić information content (AvgIpc) is 2.46. The molecule has 0 bridgehead atoms. The molecule has 19 heavy (non-hydrogen) atoms. The van der Waals surface area contributed by atoms with Gasteiger partial charge in [-0.2, -0.15) is 5.26 Å². The summed E-state index contributed by atoms with van der Waals surface area (Å²) in [5.41, 5.74) is 1.82. The maximum atomic E-state index is 11.5. The maximum Gasteiger partial charge on any atom is 0.239 e. The highest BCUT2D eigenvalue weighted by molar-refractivity contribution is 6.64. The Bertz CT molecular complexity index is 550. The van der Waals surface area contributed by atoms with Crippen molar-refractivity contribution in [2.24, 2.45) is 5.92 Å². The summed E-state index contributed by atoms with van der Waals surface area (Å²) in [7, 11) is 0. The summed E-state index contributed by atoms with van der Waals surface area (Å²) >= 11 is 5.58. The van der Waals surface area contributed by atoms with Gasteiger partial charge in [0.05, 0.1) is 6.07 Å². The van der Waals surface area contributed by atoms with Gasteiger partial charge in [-0.05, 0) is 22.7 Å². The first-order valence-corrected chi connectivity index (χ1v) is 6.30. The van der Waals surface area contributed by atoms with Crippen LogP contribution in [0.1, 0.15) is 17.0 Å². The molecule has 0 radical (unpaired) electrons. The fourth-order valence-electron chi connectivity index (χ4n) is 2.15. The van der Waals surface area contributed by atoms with E-state index >= 15 is 0 Å². The van der Waals surface area contributed by atoms with E-state index in [4.69, 9.17) is 11.6 Å². The van der Waals surface area contributed by atoms with Gasteiger partial charge in [0.15, 0.2) is 0 Å². The predicted molar refractivity (Wildman–Crippen MR) is 74.7 cm³/mol. The van der Waals surface area contributed by atoms with Crippen LogP contribution in [0.2, 0.25) is 0 Å². The SMILES string of the molecule is N#CC(C(=O)Cl)C(c1ccccc1)c1ccccc1. The number of halogens is 1. The summed E-state index contributed by atoms with van der Waals surface area (Å²) in [6, 6.07) is 21.0. The van der Waals surface area contributed by atoms with Crippen LogP contribution in [0.25, 0.3) is 0 Å². The van der Waals surface area contributed by atoms with Gasteiger partial charge >= 0.3 is 0 Å². The van der Waals surface area contributed by atoms with Crippen molar-refractivity contribution < 1.29 is 4.79 Å². The summed E-state index contributed by atoms with van der Waals surface area (Å²) in [5, 5.41) is 8.61. The molecular formula is C16H12ClNO. The Balaban J connectivity index is 2.52. The van der Waals surface area contributed by atoms with E-state index in [9.17, 15) is 10.1 Å². The summed E-state index contributed by atoms with van der Waals surface area (Å²) in [4.78, 5) is 11.5. The highest BCUT2D eigenvalue weighted by Gasteiger charge is 2.29. The molecule has 0 aliphatic rings. The van der Waals surface area contributed by atoms with E-state index in [0.29, 0.717) is 0 Å². The van der Waals surface area contributed by atoms with Crippen molar-refractivity contribution in [3.63, 3.8) is 0 Å². The van der Waals surface area contributed by atoms with Crippen molar-refractivity contribution in [1.29, 1.82) is 5.26 Å². The van der Waals surface area contributed by atoms with Crippen molar-refractivity contribution in [2.75, 3.05) is 0 Å². The third kappa shape index (κ3) is 3.01. The molecular weight excluding hydrogens is 258 g/mol. The number of nitriles is 1. The molecule has 1 unspecified atom stereocenters. The minimum Gasteiger partial charge on any atom is -0.280 e. The summed E-state index contributed by atoms with van der Waals surface area (Å²) in [6.07, 6.45) is 0. The fourth-order valence-corrected chi connectivity index (χ4v) is 2.33. The minimum absolute atomic E-state index is 0.336. The maximum absolute atomic E-state index is 11.5. The zero-order chi connectivity index (χ0) is 13.7. The largest absolute Gasteiger partial charge is 0.280 e. The predicted octanol–water partition coefficient (Wildman–Crippen LogP) is 3.72. The van der Waals surface area contributed by atoms with E-state index in [2.05, 4.69) is 0 Å². The van der Waals surface area contributed by atoms with Gasteiger partial charge in [0.1, 0.15) is 5.92 Å². The van der Waals surface area contributed by atoms with Crippen LogP contribution in [0.4, 0.5) is 0 Å². The zero-order valence-corrected chi connectivity index (χ0v) is 10.9. The normalized spacial score (nSPS) is 11.8. The lowest BCUT2D eigenvalue weighted by molar-refractivity contribution is -0.114. The smallest absolute Gasteiger partial charge is 0.239 e. The van der Waals surface area contributed by atoms with Gasteiger partial charge in [-0.3, -0.25) is 4.79 Å². The van der Waals surface area contributed by atoms with Gasteiger partial charge < -0.3 is 0 Å². The Morgan fingerprint density at radius 1 is 0.947 bits per heavy atom. The Morgan fingerprint density at radius 3 is 1.68 bits per heavy atom. The van der Waals surface area contributed by atoms with E-state index in [1.165, 1.54) is 0 Å². The van der Waals surface area contributed by atoms with E-state index in [0.717, 1.165) is 11.1 Å². The van der Waals surface area contributed by atoms with Gasteiger partial charge in [0, 0.05) is 5.92 Å². The molecule has 2 aromatic rings. The lowest BCUT2D eigenvalue weighted by atomic mass is 9.82. The Labute approximate surface area is 117 Å². The van der Waals surface area contributed by atoms with Crippen LogP contribution < -0.4 is 0 Å². The second-order valence-electron chi connectivity index (χ2n) is 4.21. The Hall–Kier alpha value is -2.11. The van der Waals surface area contributed by atoms with Crippen LogP contribution in [-0.4, -0.2) is 5.24 Å². The second-order valence-corrected chi connectivity index (χ2v) is 4.58. The van der Waals surface area contributed by atoms with Crippen molar-refractivity contribution in [1.82, 2.24) is 0 Å². The van der Waals surface area contributed by atoms with Crippen molar-refractivity contribution in [2.45, 2.75) is 5.92 Å². The fraction of sp³-hybridized carbons (Fsp3) is 0.125. The van der Waals surface area contributed by atoms with Crippen LogP contribution in [0.3, 0.4) is 0 Å². The molecule has 2 rings (SSSR count). The number of benzene rings is 2. The summed E-state index contributed by atoms with van der Waals surface area (Å²) < 4.78 is 0. The molecule has 0 aliphatic carbocycles. The molecule has 2 nitrogen and oxygen atoms in total. The number of hydrogen-bond donors (Lipinski definition) is 0. The monoisotopic (exact) mass is 269 g/mol. The number of carbonyl (C=O) groups excluding carboxylic acids is 1. The van der Waals surface area contributed by atoms with Crippen molar-refractivity contribution in [3.8, 4) is 6.07 Å². The third-order valence-electron chi connectivity index (χ3n) is 3.03. The standard InChI is InChI=1S/C16H12ClNO/c17-16(19)14(11-18)15(12-7-3-1-4-8-12)13-9-5-2-6-10-13/h1-10,14-15H. The first kappa shape index (κ1) is 13.3. The Morgan fingerprint density at radius 2 is 1.37 bits per heavy atom. The molecule has 0 aliphatic heterocycles. The summed E-state index contributed by atoms with van der Waals surface area (Å²) in [6.45, 7) is 0. The molecule has 0 amide bonds. The van der Waals surface area contributed by atoms with E-state index in [1.54, 1.807) is 0 Å². The van der Waals surface area contributed by atoms with Crippen LogP contribution in [0, 0.1) is 17.2 Å². The molecule has 0 saturated heterocycles. The molecule has 94 valence electrons. The number of hydrogen-bond acceptors (Lipinski definition) is 2. The number of rotatable bonds is 4. The second kappa shape index (κ2) is 6.17. The van der Waals surface area contributed by atoms with Crippen LogP contribution in [0.5, 0.6) is 0 Å². The van der Waals surface area contributed by atoms with Crippen molar-refractivity contribution >= 4 is 16.8 Å². The van der Waals surface area contributed by atoms with Gasteiger partial charge in [0.25, 0.3) is 0 Å². The first-order chi connectivity index (χ1) is 9.24. The lowest BCUT2D eigenvalue weighted by Gasteiger charge is -2.20. The third-order valence-corrected chi connectivity index (χ3v) is 3.27. The molecule has 0 spiro atoms. The van der Waals surface area contributed by atoms with Gasteiger partial charge in [-0.1, -0.05) is 60.7 Å². The molecule has 0 N–H and O–H groups in total. The number of nitrogens with zero attached hydrogens (tertiary/aromatic N) is 1. The van der Waals surface area contributed by atoms with Crippen molar-refractivity contribution in [3.05, 3.63) is 71.8 Å². The van der Waals surface area contributed by atoms with Crippen LogP contribution in [0.15, 0.2) is 60.7 Å². The van der Waals surface area contributed by atoms with Gasteiger partial charge in [-0.15, -0.1) is 0 Å². The van der Waals surface area contributed by atoms with E-state index < -0.39 is 11.2 Å². The molecule has 0 aromatic heterocycles. The lowest BCUT2D eigenvalue weighted by Crippen LogP contribution is -2.18. The summed E-state index contributed by atoms with van der Waals surface area (Å²) in [5.74, 6) is -1.22. The van der Waals surface area contributed by atoms with Gasteiger partial charge in [-0.25, -0.2) is 0 Å². The quantitative estimate of drug-likeness (QED) is 0.794. The van der Waals surface area contributed by atoms with E-state index in [1.807, 2.05) is 66.7 Å². The van der Waals surface area contributed by atoms with Crippen LogP contribution in [-0.2, 0) is 4.79 Å². The highest BCUT2D eigenvalue weighted by Crippen LogP contribution is 2.33. The van der Waals surface area contributed by atoms with Gasteiger partial charge in [0.2, 0.25) is 5.24 Å². The van der Waals surface area contributed by atoms with Crippen LogP contribution >= 0.6 is 11.6 Å². The molecule has 1 atom stereocenters. The molecule has 0 heterocycles. The molecule has 2 aromatic carbocycles. The number of carbonyl (C=O) groups is 1. The average molecular weight is 270 g/mol. The van der Waals surface area contributed by atoms with E-state index in [-0.39, 0.29) is 5.92 Å². The molecule has 3 heteroatoms. The minimum atomic E-state index is -0.883. The Kier molecular flexibility index (Phi) is 4.33. The highest BCUT2D eigenvalue weighted by atomic mass is 35.5. The molecule has 0 saturated carbocycles.